The van der Waals surface area contributed by atoms with E-state index in [-0.39, 0.29) is 11.8 Å². The van der Waals surface area contributed by atoms with Crippen molar-refractivity contribution in [2.75, 3.05) is 5.73 Å². The van der Waals surface area contributed by atoms with Crippen molar-refractivity contribution in [3.05, 3.63) is 46.5 Å². The molecule has 1 heterocycles. The minimum Gasteiger partial charge on any atom is -0.369 e. The number of aromatic amines is 1. The number of imidazole rings is 1. The van der Waals surface area contributed by atoms with Gasteiger partial charge in [0.15, 0.2) is 11.1 Å². The molecule has 0 atom stereocenters. The van der Waals surface area contributed by atoms with E-state index in [0.717, 1.165) is 5.69 Å². The monoisotopic (exact) mass is 239 g/mol. The minimum atomic E-state index is -0.203. The molecule has 5 heteroatoms. The Morgan fingerprint density at radius 2 is 2.06 bits per heavy atom. The van der Waals surface area contributed by atoms with Crippen LogP contribution in [0.25, 0.3) is 0 Å². The fourth-order valence-corrected chi connectivity index (χ4v) is 1.77. The number of hydrogen-bond acceptors (Lipinski definition) is 2. The third-order valence-corrected chi connectivity index (χ3v) is 2.66. The zero-order valence-corrected chi connectivity index (χ0v) is 9.26. The first-order valence-electron chi connectivity index (χ1n) is 4.90. The molecule has 0 radical (unpaired) electrons. The van der Waals surface area contributed by atoms with Gasteiger partial charge < -0.3 is 10.7 Å². The number of aryl methyl sites for hydroxylation is 2. The average Bonchev–Trinajstić information content (AvgIpc) is 2.56. The zero-order valence-electron chi connectivity index (χ0n) is 8.50. The van der Waals surface area contributed by atoms with Gasteiger partial charge in [0.2, 0.25) is 0 Å². The number of nitrogen functional groups attached to an aromatic ring is 1. The normalized spacial score (nSPS) is 10.6. The molecule has 0 bridgehead atoms. The Hall–Kier alpha value is -1.55. The lowest BCUT2D eigenvalue weighted by Crippen LogP contribution is -1.95. The van der Waals surface area contributed by atoms with Gasteiger partial charge in [0.25, 0.3) is 0 Å². The first kappa shape index (κ1) is 11.0. The predicted molar refractivity (Wildman–Crippen MR) is 61.8 cm³/mol. The highest BCUT2D eigenvalue weighted by Gasteiger charge is 2.07. The Morgan fingerprint density at radius 3 is 2.69 bits per heavy atom. The number of aromatic nitrogens is 2. The number of benzene rings is 1. The molecule has 0 unspecified atom stereocenters. The van der Waals surface area contributed by atoms with E-state index in [9.17, 15) is 4.39 Å². The van der Waals surface area contributed by atoms with Crippen LogP contribution in [0.1, 0.15) is 11.3 Å². The van der Waals surface area contributed by atoms with Crippen molar-refractivity contribution in [3.63, 3.8) is 0 Å². The van der Waals surface area contributed by atoms with E-state index >= 15 is 0 Å². The van der Waals surface area contributed by atoms with Crippen molar-refractivity contribution < 1.29 is 4.39 Å². The van der Waals surface area contributed by atoms with Gasteiger partial charge in [-0.2, -0.15) is 0 Å². The first-order valence-corrected chi connectivity index (χ1v) is 5.28. The Balaban J connectivity index is 2.08. The summed E-state index contributed by atoms with van der Waals surface area (Å²) in [5.74, 6) is 0.0830. The Morgan fingerprint density at radius 1 is 1.31 bits per heavy atom. The maximum atomic E-state index is 13.3. The lowest BCUT2D eigenvalue weighted by Gasteiger charge is -2.01. The Bertz CT molecular complexity index is 496. The highest BCUT2D eigenvalue weighted by atomic mass is 35.5. The average molecular weight is 240 g/mol. The van der Waals surface area contributed by atoms with Crippen LogP contribution in [0.3, 0.4) is 0 Å². The van der Waals surface area contributed by atoms with E-state index in [0.29, 0.717) is 23.6 Å². The molecule has 1 aromatic carbocycles. The van der Waals surface area contributed by atoms with Crippen LogP contribution in [0.15, 0.2) is 24.3 Å². The molecule has 3 nitrogen and oxygen atoms in total. The second kappa shape index (κ2) is 4.53. The maximum absolute atomic E-state index is 13.3. The molecular formula is C11H11ClFN3. The molecule has 0 amide bonds. The lowest BCUT2D eigenvalue weighted by atomic mass is 10.1. The van der Waals surface area contributed by atoms with Crippen molar-refractivity contribution in [2.24, 2.45) is 0 Å². The highest BCUT2D eigenvalue weighted by molar-refractivity contribution is 6.30. The quantitative estimate of drug-likeness (QED) is 0.865. The van der Waals surface area contributed by atoms with Gasteiger partial charge in [0.1, 0.15) is 5.82 Å². The van der Waals surface area contributed by atoms with Gasteiger partial charge in [-0.3, -0.25) is 0 Å². The second-order valence-corrected chi connectivity index (χ2v) is 3.84. The van der Waals surface area contributed by atoms with Crippen molar-refractivity contribution >= 4 is 17.5 Å². The predicted octanol–water partition coefficient (Wildman–Crippen LogP) is 2.57. The Kier molecular flexibility index (Phi) is 3.10. The summed E-state index contributed by atoms with van der Waals surface area (Å²) in [7, 11) is 0. The van der Waals surface area contributed by atoms with Crippen molar-refractivity contribution in [2.45, 2.75) is 12.8 Å². The Labute approximate surface area is 97.5 Å². The third-order valence-electron chi connectivity index (χ3n) is 2.35. The van der Waals surface area contributed by atoms with Crippen LogP contribution in [-0.2, 0) is 12.8 Å². The van der Waals surface area contributed by atoms with Gasteiger partial charge >= 0.3 is 0 Å². The lowest BCUT2D eigenvalue weighted by molar-refractivity contribution is 0.608. The van der Waals surface area contributed by atoms with Gasteiger partial charge in [-0.1, -0.05) is 29.8 Å². The smallest absolute Gasteiger partial charge is 0.199 e. The summed E-state index contributed by atoms with van der Waals surface area (Å²) in [5.41, 5.74) is 6.85. The molecule has 1 aromatic heterocycles. The van der Waals surface area contributed by atoms with E-state index in [1.54, 1.807) is 18.2 Å². The van der Waals surface area contributed by atoms with Crippen LogP contribution >= 0.6 is 11.6 Å². The molecule has 0 saturated heterocycles. The van der Waals surface area contributed by atoms with Crippen LogP contribution in [0.2, 0.25) is 5.15 Å². The molecule has 0 aliphatic carbocycles. The first-order chi connectivity index (χ1) is 7.66. The molecule has 0 aliphatic rings. The number of nitrogens with one attached hydrogen (secondary N) is 1. The molecule has 0 aliphatic heterocycles. The zero-order chi connectivity index (χ0) is 11.5. The number of anilines is 1. The largest absolute Gasteiger partial charge is 0.369 e. The van der Waals surface area contributed by atoms with Gasteiger partial charge in [-0.05, 0) is 24.5 Å². The summed E-state index contributed by atoms with van der Waals surface area (Å²) in [6.45, 7) is 0. The highest BCUT2D eigenvalue weighted by Crippen LogP contribution is 2.17. The van der Waals surface area contributed by atoms with Gasteiger partial charge in [-0.25, -0.2) is 9.37 Å². The van der Waals surface area contributed by atoms with E-state index in [4.69, 9.17) is 17.3 Å². The van der Waals surface area contributed by atoms with Crippen molar-refractivity contribution in [1.82, 2.24) is 9.97 Å². The molecular weight excluding hydrogens is 229 g/mol. The molecule has 2 aromatic rings. The molecule has 2 rings (SSSR count). The van der Waals surface area contributed by atoms with Gasteiger partial charge in [0.05, 0.1) is 5.69 Å². The summed E-state index contributed by atoms with van der Waals surface area (Å²) in [5, 5.41) is 0.355. The molecule has 16 heavy (non-hydrogen) atoms. The number of rotatable bonds is 3. The molecule has 84 valence electrons. The van der Waals surface area contributed by atoms with E-state index in [1.165, 1.54) is 6.07 Å². The van der Waals surface area contributed by atoms with Crippen molar-refractivity contribution in [3.8, 4) is 0 Å². The van der Waals surface area contributed by atoms with Crippen LogP contribution < -0.4 is 5.73 Å². The number of nitrogens with two attached hydrogens (primary N) is 1. The number of H-pyrrole nitrogens is 1. The topological polar surface area (TPSA) is 54.7 Å². The SMILES string of the molecule is Nc1nc(Cl)c(CCc2ccccc2F)[nH]1. The molecule has 0 saturated carbocycles. The fourth-order valence-electron chi connectivity index (χ4n) is 1.53. The summed E-state index contributed by atoms with van der Waals surface area (Å²) in [4.78, 5) is 6.69. The van der Waals surface area contributed by atoms with Crippen LogP contribution in [0.4, 0.5) is 10.3 Å². The van der Waals surface area contributed by atoms with Crippen LogP contribution in [0.5, 0.6) is 0 Å². The summed E-state index contributed by atoms with van der Waals surface area (Å²) < 4.78 is 13.3. The fraction of sp³-hybridized carbons (Fsp3) is 0.182. The number of halogens is 2. The standard InChI is InChI=1S/C11H11ClFN3/c12-10-9(15-11(14)16-10)6-5-7-3-1-2-4-8(7)13/h1-4H,5-6H2,(H3,14,15,16). The number of hydrogen-bond donors (Lipinski definition) is 2. The van der Waals surface area contributed by atoms with Gasteiger partial charge in [-0.15, -0.1) is 0 Å². The molecule has 0 fully saturated rings. The van der Waals surface area contributed by atoms with E-state index < -0.39 is 0 Å². The summed E-state index contributed by atoms with van der Waals surface area (Å²) >= 11 is 5.83. The third kappa shape index (κ3) is 2.33. The van der Waals surface area contributed by atoms with Crippen LogP contribution in [0, 0.1) is 5.82 Å². The van der Waals surface area contributed by atoms with E-state index in [1.807, 2.05) is 0 Å². The summed E-state index contributed by atoms with van der Waals surface area (Å²) in [6.07, 6.45) is 1.15. The number of nitrogens with zero attached hydrogens (tertiary/aromatic N) is 1. The molecule has 0 spiro atoms. The summed E-state index contributed by atoms with van der Waals surface area (Å²) in [6, 6.07) is 6.67. The molecule has 3 N–H and O–H groups in total. The minimum absolute atomic E-state index is 0.203. The maximum Gasteiger partial charge on any atom is 0.199 e. The van der Waals surface area contributed by atoms with Crippen LogP contribution in [-0.4, -0.2) is 9.97 Å². The van der Waals surface area contributed by atoms with E-state index in [2.05, 4.69) is 9.97 Å². The van der Waals surface area contributed by atoms with Crippen molar-refractivity contribution in [1.29, 1.82) is 0 Å². The second-order valence-electron chi connectivity index (χ2n) is 3.48. The van der Waals surface area contributed by atoms with Gasteiger partial charge in [0, 0.05) is 0 Å².